The summed E-state index contributed by atoms with van der Waals surface area (Å²) in [6, 6.07) is 4.13. The highest BCUT2D eigenvalue weighted by atomic mass is 35.5. The molecule has 0 bridgehead atoms. The molecule has 0 aliphatic heterocycles. The van der Waals surface area contributed by atoms with Crippen molar-refractivity contribution in [3.8, 4) is 0 Å². The summed E-state index contributed by atoms with van der Waals surface area (Å²) in [5.41, 5.74) is -0.141. The molecule has 1 N–H and O–H groups in total. The van der Waals surface area contributed by atoms with Gasteiger partial charge in [-0.25, -0.2) is 0 Å². The van der Waals surface area contributed by atoms with Gasteiger partial charge in [0.2, 0.25) is 0 Å². The van der Waals surface area contributed by atoms with E-state index in [-0.39, 0.29) is 22.3 Å². The number of hydrogen-bond acceptors (Lipinski definition) is 4. The second kappa shape index (κ2) is 7.95. The Labute approximate surface area is 129 Å². The van der Waals surface area contributed by atoms with E-state index in [1.165, 1.54) is 18.2 Å². The third kappa shape index (κ3) is 4.68. The van der Waals surface area contributed by atoms with Gasteiger partial charge in [0.15, 0.2) is 0 Å². The molecule has 6 nitrogen and oxygen atoms in total. The van der Waals surface area contributed by atoms with Crippen LogP contribution in [-0.4, -0.2) is 41.4 Å². The maximum Gasteiger partial charge on any atom is 0.288 e. The predicted octanol–water partition coefficient (Wildman–Crippen LogP) is 2.71. The molecule has 0 aliphatic rings. The summed E-state index contributed by atoms with van der Waals surface area (Å²) < 4.78 is 0. The lowest BCUT2D eigenvalue weighted by atomic mass is 10.1. The van der Waals surface area contributed by atoms with Crippen LogP contribution in [0.25, 0.3) is 0 Å². The van der Waals surface area contributed by atoms with Crippen LogP contribution < -0.4 is 5.32 Å². The van der Waals surface area contributed by atoms with Crippen molar-refractivity contribution in [2.75, 3.05) is 19.6 Å². The van der Waals surface area contributed by atoms with Crippen LogP contribution in [0.4, 0.5) is 5.69 Å². The van der Waals surface area contributed by atoms with Crippen molar-refractivity contribution >= 4 is 23.2 Å². The number of nitro benzene ring substituents is 1. The predicted molar refractivity (Wildman–Crippen MR) is 82.8 cm³/mol. The maximum absolute atomic E-state index is 12.2. The quantitative estimate of drug-likeness (QED) is 0.620. The molecule has 1 unspecified atom stereocenters. The topological polar surface area (TPSA) is 75.5 Å². The summed E-state index contributed by atoms with van der Waals surface area (Å²) in [6.07, 6.45) is 0. The molecule has 0 fully saturated rings. The van der Waals surface area contributed by atoms with Crippen LogP contribution in [-0.2, 0) is 0 Å². The molecule has 1 atom stereocenters. The van der Waals surface area contributed by atoms with Crippen molar-refractivity contribution in [2.24, 2.45) is 0 Å². The zero-order valence-corrected chi connectivity index (χ0v) is 13.2. The van der Waals surface area contributed by atoms with E-state index in [0.29, 0.717) is 6.54 Å². The normalized spacial score (nSPS) is 12.2. The number of carbonyl (C=O) groups is 1. The van der Waals surface area contributed by atoms with Crippen LogP contribution in [0.5, 0.6) is 0 Å². The van der Waals surface area contributed by atoms with Gasteiger partial charge in [-0.05, 0) is 26.1 Å². The van der Waals surface area contributed by atoms with Crippen molar-refractivity contribution in [2.45, 2.75) is 26.8 Å². The lowest BCUT2D eigenvalue weighted by molar-refractivity contribution is -0.384. The van der Waals surface area contributed by atoms with Gasteiger partial charge in [0, 0.05) is 18.7 Å². The van der Waals surface area contributed by atoms with Gasteiger partial charge in [0.05, 0.1) is 10.5 Å². The number of nitro groups is 1. The first-order valence-electron chi connectivity index (χ1n) is 6.86. The Kier molecular flexibility index (Phi) is 6.58. The van der Waals surface area contributed by atoms with Crippen molar-refractivity contribution < 1.29 is 9.72 Å². The molecule has 0 aromatic heterocycles. The van der Waals surface area contributed by atoms with Crippen LogP contribution in [0.3, 0.4) is 0 Å². The van der Waals surface area contributed by atoms with Gasteiger partial charge >= 0.3 is 0 Å². The minimum Gasteiger partial charge on any atom is -0.348 e. The smallest absolute Gasteiger partial charge is 0.288 e. The first-order chi connectivity index (χ1) is 9.90. The van der Waals surface area contributed by atoms with Gasteiger partial charge in [-0.2, -0.15) is 0 Å². The SMILES string of the molecule is CCN(CC)CC(C)NC(=O)c1cccc([N+](=O)[O-])c1Cl. The molecule has 0 spiro atoms. The number of nitrogens with zero attached hydrogens (tertiary/aromatic N) is 2. The fourth-order valence-corrected chi connectivity index (χ4v) is 2.33. The van der Waals surface area contributed by atoms with Crippen LogP contribution in [0, 0.1) is 10.1 Å². The maximum atomic E-state index is 12.2. The largest absolute Gasteiger partial charge is 0.348 e. The molecule has 0 heterocycles. The third-order valence-corrected chi connectivity index (χ3v) is 3.62. The first kappa shape index (κ1) is 17.4. The second-order valence-corrected chi connectivity index (χ2v) is 5.13. The zero-order valence-electron chi connectivity index (χ0n) is 12.4. The first-order valence-corrected chi connectivity index (χ1v) is 7.24. The van der Waals surface area contributed by atoms with Gasteiger partial charge in [-0.1, -0.05) is 31.5 Å². The van der Waals surface area contributed by atoms with E-state index in [1.54, 1.807) is 0 Å². The lowest BCUT2D eigenvalue weighted by Gasteiger charge is -2.23. The Morgan fingerprint density at radius 2 is 2.05 bits per heavy atom. The summed E-state index contributed by atoms with van der Waals surface area (Å²) in [6.45, 7) is 8.50. The molecule has 0 saturated carbocycles. The molecule has 1 aromatic carbocycles. The van der Waals surface area contributed by atoms with Crippen molar-refractivity contribution in [1.29, 1.82) is 0 Å². The number of rotatable bonds is 7. The minimum atomic E-state index is -0.599. The van der Waals surface area contributed by atoms with E-state index in [4.69, 9.17) is 11.6 Å². The molecule has 0 radical (unpaired) electrons. The number of amides is 1. The third-order valence-electron chi connectivity index (χ3n) is 3.22. The Morgan fingerprint density at radius 3 is 2.57 bits per heavy atom. The Hall–Kier alpha value is -1.66. The summed E-state index contributed by atoms with van der Waals surface area (Å²) in [5, 5.41) is 13.5. The number of hydrogen-bond donors (Lipinski definition) is 1. The molecule has 21 heavy (non-hydrogen) atoms. The number of halogens is 1. The van der Waals surface area contributed by atoms with Crippen LogP contribution >= 0.6 is 11.6 Å². The molecule has 1 aromatic rings. The van der Waals surface area contributed by atoms with Crippen LogP contribution in [0.2, 0.25) is 5.02 Å². The van der Waals surface area contributed by atoms with E-state index in [2.05, 4.69) is 24.1 Å². The Balaban J connectivity index is 2.81. The molecule has 0 saturated heterocycles. The molecule has 116 valence electrons. The fraction of sp³-hybridized carbons (Fsp3) is 0.500. The van der Waals surface area contributed by atoms with Crippen molar-refractivity contribution in [1.82, 2.24) is 10.2 Å². The molecule has 1 amide bonds. The Bertz CT molecular complexity index is 518. The average Bonchev–Trinajstić information content (AvgIpc) is 2.44. The van der Waals surface area contributed by atoms with E-state index in [1.807, 2.05) is 6.92 Å². The Morgan fingerprint density at radius 1 is 1.43 bits per heavy atom. The molecule has 7 heteroatoms. The summed E-state index contributed by atoms with van der Waals surface area (Å²) in [4.78, 5) is 24.6. The minimum absolute atomic E-state index is 0.0762. The van der Waals surface area contributed by atoms with Gasteiger partial charge < -0.3 is 10.2 Å². The lowest BCUT2D eigenvalue weighted by Crippen LogP contribution is -2.42. The fourth-order valence-electron chi connectivity index (χ4n) is 2.05. The van der Waals surface area contributed by atoms with Crippen LogP contribution in [0.15, 0.2) is 18.2 Å². The van der Waals surface area contributed by atoms with Crippen LogP contribution in [0.1, 0.15) is 31.1 Å². The van der Waals surface area contributed by atoms with Gasteiger partial charge in [0.1, 0.15) is 5.02 Å². The summed E-state index contributed by atoms with van der Waals surface area (Å²) in [7, 11) is 0. The number of carbonyl (C=O) groups excluding carboxylic acids is 1. The molecule has 1 rings (SSSR count). The monoisotopic (exact) mass is 313 g/mol. The van der Waals surface area contributed by atoms with Gasteiger partial charge in [-0.15, -0.1) is 0 Å². The number of benzene rings is 1. The van der Waals surface area contributed by atoms with E-state index in [9.17, 15) is 14.9 Å². The molecule has 0 aliphatic carbocycles. The highest BCUT2D eigenvalue weighted by molar-refractivity contribution is 6.35. The summed E-state index contributed by atoms with van der Waals surface area (Å²) in [5.74, 6) is -0.400. The standard InChI is InChI=1S/C14H20ClN3O3/c1-4-17(5-2)9-10(3)16-14(19)11-7-6-8-12(13(11)15)18(20)21/h6-8,10H,4-5,9H2,1-3H3,(H,16,19). The summed E-state index contributed by atoms with van der Waals surface area (Å²) >= 11 is 5.93. The number of likely N-dealkylation sites (N-methyl/N-ethyl adjacent to an activating group) is 1. The highest BCUT2D eigenvalue weighted by Crippen LogP contribution is 2.27. The molecular weight excluding hydrogens is 294 g/mol. The average molecular weight is 314 g/mol. The second-order valence-electron chi connectivity index (χ2n) is 4.76. The number of nitrogens with one attached hydrogen (secondary N) is 1. The van der Waals surface area contributed by atoms with Crippen molar-refractivity contribution in [3.05, 3.63) is 38.9 Å². The van der Waals surface area contributed by atoms with E-state index in [0.717, 1.165) is 13.1 Å². The zero-order chi connectivity index (χ0) is 16.0. The van der Waals surface area contributed by atoms with E-state index < -0.39 is 10.8 Å². The van der Waals surface area contributed by atoms with Gasteiger partial charge in [-0.3, -0.25) is 14.9 Å². The van der Waals surface area contributed by atoms with Crippen molar-refractivity contribution in [3.63, 3.8) is 0 Å². The molecular formula is C14H20ClN3O3. The van der Waals surface area contributed by atoms with E-state index >= 15 is 0 Å². The highest BCUT2D eigenvalue weighted by Gasteiger charge is 2.21. The van der Waals surface area contributed by atoms with Gasteiger partial charge in [0.25, 0.3) is 11.6 Å².